The van der Waals surface area contributed by atoms with Gasteiger partial charge < -0.3 is 9.84 Å². The van der Waals surface area contributed by atoms with E-state index in [1.165, 1.54) is 0 Å². The van der Waals surface area contributed by atoms with Gasteiger partial charge in [-0.3, -0.25) is 10.2 Å². The van der Waals surface area contributed by atoms with Crippen LogP contribution in [0.1, 0.15) is 44.2 Å². The molecule has 2 heterocycles. The van der Waals surface area contributed by atoms with Gasteiger partial charge in [0.05, 0.1) is 13.1 Å². The van der Waals surface area contributed by atoms with Gasteiger partial charge in [-0.1, -0.05) is 13.3 Å². The van der Waals surface area contributed by atoms with Crippen molar-refractivity contribution in [2.45, 2.75) is 51.9 Å². The molecule has 2 aromatic rings. The maximum Gasteiger partial charge on any atom is 0.412 e. The molecule has 26 heavy (non-hydrogen) atoms. The van der Waals surface area contributed by atoms with Gasteiger partial charge in [0.1, 0.15) is 0 Å². The van der Waals surface area contributed by atoms with E-state index in [2.05, 4.69) is 5.32 Å². The summed E-state index contributed by atoms with van der Waals surface area (Å²) in [5.74, 6) is 0. The molecule has 2 N–H and O–H groups in total. The van der Waals surface area contributed by atoms with E-state index in [0.29, 0.717) is 19.5 Å². The second-order valence-electron chi connectivity index (χ2n) is 6.25. The predicted octanol–water partition coefficient (Wildman–Crippen LogP) is 5.12. The number of unbranched alkanes of at least 4 members (excludes halogenated alkanes) is 1. The number of hydrogen-bond donors (Lipinski definition) is 2. The molecule has 0 aliphatic carbocycles. The van der Waals surface area contributed by atoms with Crippen LogP contribution in [0.2, 0.25) is 0 Å². The monoisotopic (exact) mass is 396 g/mol. The Labute approximate surface area is 161 Å². The smallest absolute Gasteiger partial charge is 0.412 e. The fraction of sp³-hybridized carbons (Fsp3) is 0.444. The molecular weight excluding hydrogens is 372 g/mol. The SMILES string of the molecule is CCCC[C@@](C)(NC(=O)O)OC(=O)N(Cc1ccsc1)Cc1ccsc1. The van der Waals surface area contributed by atoms with Gasteiger partial charge in [0.25, 0.3) is 0 Å². The summed E-state index contributed by atoms with van der Waals surface area (Å²) in [6.07, 6.45) is 0.307. The predicted molar refractivity (Wildman–Crippen MR) is 103 cm³/mol. The molecule has 142 valence electrons. The molecular formula is C18H24N2O4S2. The standard InChI is InChI=1S/C18H24N2O4S2/c1-3-4-7-18(2,19-16(21)22)24-17(23)20(10-14-5-8-25-12-14)11-15-6-9-26-13-15/h5-6,8-9,12-13,19H,3-4,7,10-11H2,1-2H3,(H,21,22)/t18-/m0/s1. The molecule has 0 saturated carbocycles. The first-order valence-corrected chi connectivity index (χ1v) is 10.3. The molecule has 0 fully saturated rings. The Balaban J connectivity index is 2.13. The van der Waals surface area contributed by atoms with E-state index in [-0.39, 0.29) is 0 Å². The van der Waals surface area contributed by atoms with Crippen LogP contribution in [-0.2, 0) is 17.8 Å². The molecule has 0 bridgehead atoms. The highest BCUT2D eigenvalue weighted by atomic mass is 32.1. The first kappa shape index (κ1) is 20.3. The highest BCUT2D eigenvalue weighted by Gasteiger charge is 2.32. The Hall–Kier alpha value is -2.06. The van der Waals surface area contributed by atoms with Crippen molar-refractivity contribution in [2.75, 3.05) is 0 Å². The zero-order chi connectivity index (χ0) is 19.0. The molecule has 0 unspecified atom stereocenters. The van der Waals surface area contributed by atoms with Crippen molar-refractivity contribution in [3.8, 4) is 0 Å². The van der Waals surface area contributed by atoms with Gasteiger partial charge >= 0.3 is 12.2 Å². The maximum absolute atomic E-state index is 12.8. The normalized spacial score (nSPS) is 13.0. The van der Waals surface area contributed by atoms with Gasteiger partial charge in [-0.25, -0.2) is 9.59 Å². The van der Waals surface area contributed by atoms with Crippen molar-refractivity contribution in [2.24, 2.45) is 0 Å². The van der Waals surface area contributed by atoms with E-state index in [0.717, 1.165) is 24.0 Å². The molecule has 2 amide bonds. The molecule has 0 spiro atoms. The van der Waals surface area contributed by atoms with E-state index in [1.807, 2.05) is 40.6 Å². The summed E-state index contributed by atoms with van der Waals surface area (Å²) in [6, 6.07) is 3.93. The lowest BCUT2D eigenvalue weighted by Crippen LogP contribution is -2.51. The van der Waals surface area contributed by atoms with Crippen LogP contribution in [0.5, 0.6) is 0 Å². The number of carbonyl (C=O) groups is 2. The summed E-state index contributed by atoms with van der Waals surface area (Å²) in [4.78, 5) is 25.6. The third kappa shape index (κ3) is 6.34. The van der Waals surface area contributed by atoms with Gasteiger partial charge in [-0.2, -0.15) is 22.7 Å². The second-order valence-corrected chi connectivity index (χ2v) is 7.81. The number of hydrogen-bond acceptors (Lipinski definition) is 5. The first-order chi connectivity index (χ1) is 12.4. The van der Waals surface area contributed by atoms with E-state index in [9.17, 15) is 9.59 Å². The van der Waals surface area contributed by atoms with Crippen molar-refractivity contribution in [1.82, 2.24) is 10.2 Å². The maximum atomic E-state index is 12.8. The second kappa shape index (κ2) is 9.59. The van der Waals surface area contributed by atoms with Crippen LogP contribution < -0.4 is 5.32 Å². The highest BCUT2D eigenvalue weighted by Crippen LogP contribution is 2.21. The van der Waals surface area contributed by atoms with Crippen molar-refractivity contribution >= 4 is 34.9 Å². The fourth-order valence-electron chi connectivity index (χ4n) is 2.53. The molecule has 0 aromatic carbocycles. The number of carboxylic acid groups (broad SMARTS) is 1. The fourth-order valence-corrected chi connectivity index (χ4v) is 3.85. The topological polar surface area (TPSA) is 78.9 Å². The van der Waals surface area contributed by atoms with Gasteiger partial charge in [-0.15, -0.1) is 0 Å². The number of nitrogens with one attached hydrogen (secondary N) is 1. The lowest BCUT2D eigenvalue weighted by molar-refractivity contribution is -0.0255. The Kier molecular flexibility index (Phi) is 7.47. The van der Waals surface area contributed by atoms with Crippen LogP contribution in [0.15, 0.2) is 33.7 Å². The summed E-state index contributed by atoms with van der Waals surface area (Å²) in [5.41, 5.74) is 0.785. The largest absolute Gasteiger partial charge is 0.465 e. The average molecular weight is 397 g/mol. The van der Waals surface area contributed by atoms with Crippen molar-refractivity contribution in [3.63, 3.8) is 0 Å². The number of ether oxygens (including phenoxy) is 1. The summed E-state index contributed by atoms with van der Waals surface area (Å²) >= 11 is 3.13. The van der Waals surface area contributed by atoms with E-state index >= 15 is 0 Å². The number of nitrogens with zero attached hydrogens (tertiary/aromatic N) is 1. The molecule has 0 saturated heterocycles. The Morgan fingerprint density at radius 2 is 1.77 bits per heavy atom. The van der Waals surface area contributed by atoms with Gasteiger partial charge in [0, 0.05) is 6.42 Å². The average Bonchev–Trinajstić information content (AvgIpc) is 3.25. The molecule has 2 aromatic heterocycles. The van der Waals surface area contributed by atoms with Crippen LogP contribution >= 0.6 is 22.7 Å². The third-order valence-corrected chi connectivity index (χ3v) is 5.32. The third-order valence-electron chi connectivity index (χ3n) is 3.86. The van der Waals surface area contributed by atoms with Gasteiger partial charge in [-0.05, 0) is 58.1 Å². The van der Waals surface area contributed by atoms with Crippen LogP contribution in [0.4, 0.5) is 9.59 Å². The minimum atomic E-state index is -1.25. The van der Waals surface area contributed by atoms with Crippen molar-refractivity contribution < 1.29 is 19.4 Å². The number of carbonyl (C=O) groups excluding carboxylic acids is 1. The minimum Gasteiger partial charge on any atom is -0.465 e. The van der Waals surface area contributed by atoms with Crippen LogP contribution in [0, 0.1) is 0 Å². The Morgan fingerprint density at radius 1 is 1.19 bits per heavy atom. The highest BCUT2D eigenvalue weighted by molar-refractivity contribution is 7.08. The summed E-state index contributed by atoms with van der Waals surface area (Å²) < 4.78 is 5.61. The first-order valence-electron chi connectivity index (χ1n) is 8.43. The van der Waals surface area contributed by atoms with E-state index in [1.54, 1.807) is 34.5 Å². The van der Waals surface area contributed by atoms with Crippen LogP contribution in [0.3, 0.4) is 0 Å². The molecule has 2 rings (SSSR count). The minimum absolute atomic E-state index is 0.412. The van der Waals surface area contributed by atoms with Crippen molar-refractivity contribution in [3.05, 3.63) is 44.8 Å². The summed E-state index contributed by atoms with van der Waals surface area (Å²) in [6.45, 7) is 4.43. The number of thiophene rings is 2. The molecule has 0 aliphatic heterocycles. The van der Waals surface area contributed by atoms with E-state index in [4.69, 9.17) is 9.84 Å². The van der Waals surface area contributed by atoms with Gasteiger partial charge in [0.2, 0.25) is 0 Å². The number of amides is 2. The molecule has 6 nitrogen and oxygen atoms in total. The van der Waals surface area contributed by atoms with Gasteiger partial charge in [0.15, 0.2) is 5.72 Å². The summed E-state index contributed by atoms with van der Waals surface area (Å²) in [5, 5.41) is 19.3. The van der Waals surface area contributed by atoms with Crippen LogP contribution in [-0.4, -0.2) is 27.9 Å². The van der Waals surface area contributed by atoms with Crippen molar-refractivity contribution in [1.29, 1.82) is 0 Å². The Bertz CT molecular complexity index is 652. The van der Waals surface area contributed by atoms with Crippen LogP contribution in [0.25, 0.3) is 0 Å². The summed E-state index contributed by atoms with van der Waals surface area (Å²) in [7, 11) is 0. The molecule has 1 atom stereocenters. The zero-order valence-corrected chi connectivity index (χ0v) is 16.6. The molecule has 0 aliphatic rings. The van der Waals surface area contributed by atoms with E-state index < -0.39 is 17.9 Å². The quantitative estimate of drug-likeness (QED) is 0.577. The number of rotatable bonds is 9. The molecule has 8 heteroatoms. The lowest BCUT2D eigenvalue weighted by atomic mass is 10.1. The molecule has 0 radical (unpaired) electrons. The Morgan fingerprint density at radius 3 is 2.19 bits per heavy atom. The lowest BCUT2D eigenvalue weighted by Gasteiger charge is -2.32. The zero-order valence-electron chi connectivity index (χ0n) is 14.9.